The van der Waals surface area contributed by atoms with Gasteiger partial charge in [-0.3, -0.25) is 9.97 Å². The smallest absolute Gasteiger partial charge is 0.128 e. The minimum Gasteiger partial charge on any atom is -0.500 e. The van der Waals surface area contributed by atoms with Gasteiger partial charge in [-0.05, 0) is 81.1 Å². The van der Waals surface area contributed by atoms with Crippen molar-refractivity contribution in [3.8, 4) is 45.3 Å². The van der Waals surface area contributed by atoms with Crippen LogP contribution in [0.3, 0.4) is 0 Å². The Bertz CT molecular complexity index is 4580. The number of nitrogens with zero attached hydrogens (tertiary/aromatic N) is 4. The van der Waals surface area contributed by atoms with Crippen molar-refractivity contribution in [2.45, 2.75) is 85.6 Å². The van der Waals surface area contributed by atoms with Gasteiger partial charge in [-0.25, -0.2) is 0 Å². The van der Waals surface area contributed by atoms with Gasteiger partial charge in [-0.15, -0.1) is 47.5 Å². The molecule has 0 saturated heterocycles. The average Bonchev–Trinajstić information content (AvgIpc) is 1.66. The largest absolute Gasteiger partial charge is 0.500 e. The van der Waals surface area contributed by atoms with Gasteiger partial charge < -0.3 is 13.6 Å². The van der Waals surface area contributed by atoms with E-state index in [1.54, 1.807) is 48.5 Å². The van der Waals surface area contributed by atoms with Crippen molar-refractivity contribution in [1.82, 2.24) is 19.1 Å². The van der Waals surface area contributed by atoms with Crippen LogP contribution in [0.25, 0.3) is 100 Å². The number of para-hydroxylation sites is 6. The molecule has 12 aromatic rings. The van der Waals surface area contributed by atoms with E-state index in [4.69, 9.17) is 34.9 Å². The number of aryl methyl sites for hydroxylation is 1. The third kappa shape index (κ3) is 8.81. The molecule has 0 aliphatic carbocycles. The van der Waals surface area contributed by atoms with E-state index in [2.05, 4.69) is 129 Å². The van der Waals surface area contributed by atoms with Crippen LogP contribution in [0.15, 0.2) is 180 Å². The monoisotopic (exact) mass is 1150 g/mol. The Morgan fingerprint density at radius 3 is 1.81 bits per heavy atom. The summed E-state index contributed by atoms with van der Waals surface area (Å²) in [5.74, 6) is -5.05. The minimum atomic E-state index is -3.55. The molecule has 1 atom stereocenters. The predicted molar refractivity (Wildman–Crippen MR) is 302 cm³/mol. The third-order valence-electron chi connectivity index (χ3n) is 13.3. The predicted octanol–water partition coefficient (Wildman–Crippen LogP) is 18.5. The molecule has 365 valence electrons. The molecule has 0 spiro atoms. The summed E-state index contributed by atoms with van der Waals surface area (Å²) in [4.78, 5) is 9.93. The minimum absolute atomic E-state index is 0. The summed E-state index contributed by atoms with van der Waals surface area (Å²) >= 11 is 0. The molecule has 0 aliphatic rings. The van der Waals surface area contributed by atoms with Crippen LogP contribution in [0.2, 0.25) is 0 Å². The summed E-state index contributed by atoms with van der Waals surface area (Å²) in [6, 6.07) is 59.3. The second-order valence-corrected chi connectivity index (χ2v) is 18.5. The van der Waals surface area contributed by atoms with Gasteiger partial charge >= 0.3 is 0 Å². The van der Waals surface area contributed by atoms with Gasteiger partial charge in [-0.2, -0.15) is 0 Å². The molecule has 0 saturated carbocycles. The molecular formula is C67H60IrN4O-2. The fourth-order valence-corrected chi connectivity index (χ4v) is 9.94. The molecule has 3 heterocycles. The molecule has 12 rings (SSSR count). The van der Waals surface area contributed by atoms with Crippen LogP contribution in [0.4, 0.5) is 0 Å². The van der Waals surface area contributed by atoms with Crippen LogP contribution >= 0.6 is 0 Å². The second-order valence-electron chi connectivity index (χ2n) is 18.5. The Morgan fingerprint density at radius 1 is 0.548 bits per heavy atom. The van der Waals surface area contributed by atoms with Crippen LogP contribution in [0.5, 0.6) is 0 Å². The Hall–Kier alpha value is -7.37. The molecule has 0 aliphatic heterocycles. The Balaban J connectivity index is 0.000000200. The zero-order chi connectivity index (χ0) is 63.2. The normalized spacial score (nSPS) is 16.6. The van der Waals surface area contributed by atoms with E-state index in [1.165, 1.54) is 45.0 Å². The second kappa shape index (κ2) is 20.3. The van der Waals surface area contributed by atoms with E-state index in [1.807, 2.05) is 6.07 Å². The molecule has 1 unspecified atom stereocenters. The number of aromatic nitrogens is 4. The third-order valence-corrected chi connectivity index (χ3v) is 13.3. The summed E-state index contributed by atoms with van der Waals surface area (Å²) in [5.41, 5.74) is 7.89. The molecule has 3 aromatic heterocycles. The van der Waals surface area contributed by atoms with Crippen molar-refractivity contribution in [3.05, 3.63) is 216 Å². The molecule has 0 amide bonds. The van der Waals surface area contributed by atoms with Crippen LogP contribution in [-0.4, -0.2) is 19.1 Å². The van der Waals surface area contributed by atoms with Gasteiger partial charge in [-0.1, -0.05) is 206 Å². The van der Waals surface area contributed by atoms with Crippen LogP contribution < -0.4 is 0 Å². The first kappa shape index (κ1) is 33.4. The fourth-order valence-electron chi connectivity index (χ4n) is 9.94. The van der Waals surface area contributed by atoms with Gasteiger partial charge in [0, 0.05) is 64.2 Å². The van der Waals surface area contributed by atoms with Crippen molar-refractivity contribution in [3.63, 3.8) is 0 Å². The quantitative estimate of drug-likeness (QED) is 0.135. The molecule has 6 heteroatoms. The van der Waals surface area contributed by atoms with Gasteiger partial charge in [0.15, 0.2) is 0 Å². The molecule has 9 aromatic carbocycles. The zero-order valence-electron chi connectivity index (χ0n) is 56.5. The van der Waals surface area contributed by atoms with E-state index >= 15 is 0 Å². The van der Waals surface area contributed by atoms with Crippen molar-refractivity contribution in [2.75, 3.05) is 0 Å². The number of imidazole rings is 2. The summed E-state index contributed by atoms with van der Waals surface area (Å²) in [6.07, 6.45) is 0. The molecule has 5 nitrogen and oxygen atoms in total. The molecule has 0 fully saturated rings. The number of benzene rings is 9. The number of hydrogen-bond donors (Lipinski definition) is 0. The van der Waals surface area contributed by atoms with Crippen molar-refractivity contribution >= 4 is 54.8 Å². The maximum Gasteiger partial charge on any atom is 0.128 e. The summed E-state index contributed by atoms with van der Waals surface area (Å²) in [6.45, 7) is -6.44. The number of furan rings is 1. The van der Waals surface area contributed by atoms with E-state index in [0.29, 0.717) is 17.4 Å². The van der Waals surface area contributed by atoms with Crippen molar-refractivity contribution in [1.29, 1.82) is 0 Å². The van der Waals surface area contributed by atoms with E-state index in [9.17, 15) is 1.37 Å². The van der Waals surface area contributed by atoms with Gasteiger partial charge in [0.05, 0.1) is 39.3 Å². The van der Waals surface area contributed by atoms with E-state index in [0.717, 1.165) is 67.9 Å². The van der Waals surface area contributed by atoms with Gasteiger partial charge in [0.25, 0.3) is 0 Å². The van der Waals surface area contributed by atoms with Crippen LogP contribution in [0.1, 0.15) is 128 Å². The summed E-state index contributed by atoms with van der Waals surface area (Å²) in [5, 5.41) is 4.48. The fraction of sp³-hybridized carbons (Fsp3) is 0.194. The maximum atomic E-state index is 9.17. The first-order chi connectivity index (χ1) is 41.5. The van der Waals surface area contributed by atoms with Crippen molar-refractivity contribution < 1.29 is 46.5 Å². The average molecular weight is 1150 g/mol. The molecule has 0 bridgehead atoms. The summed E-state index contributed by atoms with van der Waals surface area (Å²) in [7, 11) is 0. The molecule has 0 N–H and O–H groups in total. The topological polar surface area (TPSA) is 48.8 Å². The number of rotatable bonds is 9. The standard InChI is InChI=1S/C35H29N2O.C32H31N2.Ir/c1-21(2)24-13-9-14-25(22(3)4)32(24)37-31-18-8-7-17-30(31)36-35(37)29-16-10-15-27-28-20-19-23-11-5-6-12-26(23)33(28)38-34(27)29;1-21(2)26-14-11-15-27(22(3)4)31(26)34-30-17-10-9-16-29(30)33-32(34)25-19-18-23(5)28(20-25)24-12-7-6-8-13-24;/h5-15,17-22H,1-4H3;6-18,20-22H,1-5H3;/q2*-1;/i;1D2,2D3,3D3,4D3,5D3,21D,22D;. The molecular weight excluding hydrogens is 1070 g/mol. The number of fused-ring (bicyclic) bond motifs is 7. The Labute approximate surface area is 465 Å². The molecule has 1 radical (unpaired) electrons. The van der Waals surface area contributed by atoms with E-state index < -0.39 is 62.9 Å². The van der Waals surface area contributed by atoms with Crippen LogP contribution in [-0.2, 0) is 20.1 Å². The Kier molecular flexibility index (Phi) is 9.27. The van der Waals surface area contributed by atoms with Crippen LogP contribution in [0, 0.1) is 19.0 Å². The van der Waals surface area contributed by atoms with Gasteiger partial charge in [0.2, 0.25) is 0 Å². The molecule has 73 heavy (non-hydrogen) atoms. The first-order valence-corrected chi connectivity index (χ1v) is 23.9. The Morgan fingerprint density at radius 2 is 1.14 bits per heavy atom. The van der Waals surface area contributed by atoms with E-state index in [-0.39, 0.29) is 53.7 Å². The first-order valence-electron chi connectivity index (χ1n) is 32.1. The number of hydrogen-bond acceptors (Lipinski definition) is 3. The van der Waals surface area contributed by atoms with Crippen molar-refractivity contribution in [2.24, 2.45) is 0 Å². The summed E-state index contributed by atoms with van der Waals surface area (Å²) < 4.78 is 144. The van der Waals surface area contributed by atoms with Gasteiger partial charge in [0.1, 0.15) is 5.58 Å². The zero-order valence-corrected chi connectivity index (χ0v) is 42.9. The maximum absolute atomic E-state index is 9.17. The SMILES string of the molecule is CC(C)c1cccc(C(C)C)c1-n1c(-c2[c-]ccc3c2oc2c4ccccc4ccc32)nc2ccccc21.[2H]C([2H])C([2H])(c1cccc(C([2H])(C([2H])([2H])[2H])C([2H])([2H])[2H])c1-n1c(-c2[c-]cc(C([2H])([2H])[2H])c(-c3ccccc3)c2)nc2ccccc21)C([2H])([2H])[2H].[Ir].